The average Bonchev–Trinajstić information content (AvgIpc) is 2.56. The number of aromatic nitrogens is 1. The van der Waals surface area contributed by atoms with Crippen LogP contribution < -0.4 is 0 Å². The lowest BCUT2D eigenvalue weighted by Gasteiger charge is -2.25. The van der Waals surface area contributed by atoms with Gasteiger partial charge >= 0.3 is 0 Å². The van der Waals surface area contributed by atoms with Crippen LogP contribution in [0.5, 0.6) is 0 Å². The lowest BCUT2D eigenvalue weighted by Crippen LogP contribution is -2.37. The third kappa shape index (κ3) is 4.83. The van der Waals surface area contributed by atoms with Gasteiger partial charge in [0.15, 0.2) is 0 Å². The van der Waals surface area contributed by atoms with E-state index in [4.69, 9.17) is 0 Å². The Morgan fingerprint density at radius 1 is 1.26 bits per heavy atom. The van der Waals surface area contributed by atoms with E-state index in [9.17, 15) is 4.79 Å². The first-order valence-electron chi connectivity index (χ1n) is 7.80. The summed E-state index contributed by atoms with van der Waals surface area (Å²) >= 11 is 1.71. The summed E-state index contributed by atoms with van der Waals surface area (Å²) in [5, 5.41) is 0. The van der Waals surface area contributed by atoms with Gasteiger partial charge in [-0.2, -0.15) is 0 Å². The molecule has 0 radical (unpaired) electrons. The number of aryl methyl sites for hydroxylation is 1. The number of nitrogens with zero attached hydrogens (tertiary/aromatic N) is 2. The van der Waals surface area contributed by atoms with E-state index in [0.717, 1.165) is 17.7 Å². The van der Waals surface area contributed by atoms with Crippen LogP contribution in [-0.4, -0.2) is 35.1 Å². The average molecular weight is 328 g/mol. The maximum Gasteiger partial charge on any atom is 0.226 e. The molecule has 1 amide bonds. The van der Waals surface area contributed by atoms with Crippen LogP contribution in [0.25, 0.3) is 0 Å². The second kappa shape index (κ2) is 8.16. The number of pyridine rings is 1. The smallest absolute Gasteiger partial charge is 0.226 e. The predicted octanol–water partition coefficient (Wildman–Crippen LogP) is 3.74. The number of carbonyl (C=O) groups is 1. The number of likely N-dealkylation sites (N-methyl/N-ethyl adjacent to an activating group) is 1. The van der Waals surface area contributed by atoms with Crippen molar-refractivity contribution in [3.8, 4) is 0 Å². The quantitative estimate of drug-likeness (QED) is 0.757. The highest BCUT2D eigenvalue weighted by atomic mass is 32.2. The summed E-state index contributed by atoms with van der Waals surface area (Å²) in [5.41, 5.74) is 3.29. The van der Waals surface area contributed by atoms with Crippen molar-refractivity contribution in [3.63, 3.8) is 0 Å². The summed E-state index contributed by atoms with van der Waals surface area (Å²) in [4.78, 5) is 20.0. The van der Waals surface area contributed by atoms with Crippen molar-refractivity contribution in [1.82, 2.24) is 9.88 Å². The maximum absolute atomic E-state index is 12.5. The fourth-order valence-corrected chi connectivity index (χ4v) is 2.85. The number of hydrogen-bond donors (Lipinski definition) is 0. The van der Waals surface area contributed by atoms with Crippen LogP contribution in [0.4, 0.5) is 0 Å². The molecule has 3 nitrogen and oxygen atoms in total. The normalized spacial score (nSPS) is 12.0. The molecule has 23 heavy (non-hydrogen) atoms. The zero-order chi connectivity index (χ0) is 16.8. The van der Waals surface area contributed by atoms with Crippen molar-refractivity contribution in [1.29, 1.82) is 0 Å². The molecule has 2 aromatic rings. The lowest BCUT2D eigenvalue weighted by molar-refractivity contribution is -0.130. The molecule has 0 saturated heterocycles. The van der Waals surface area contributed by atoms with Crippen LogP contribution in [-0.2, 0) is 17.6 Å². The molecule has 0 fully saturated rings. The van der Waals surface area contributed by atoms with Gasteiger partial charge in [0.05, 0.1) is 6.42 Å². The van der Waals surface area contributed by atoms with E-state index in [0.29, 0.717) is 6.42 Å². The molecule has 0 N–H and O–H groups in total. The number of thioether (sulfide) groups is 1. The first kappa shape index (κ1) is 17.5. The molecular weight excluding hydrogens is 304 g/mol. The Morgan fingerprint density at radius 2 is 1.96 bits per heavy atom. The lowest BCUT2D eigenvalue weighted by atomic mass is 10.1. The summed E-state index contributed by atoms with van der Waals surface area (Å²) < 4.78 is 0. The first-order valence-corrected chi connectivity index (χ1v) is 9.03. The van der Waals surface area contributed by atoms with Gasteiger partial charge < -0.3 is 4.90 Å². The zero-order valence-electron chi connectivity index (χ0n) is 14.2. The molecule has 0 aliphatic heterocycles. The number of rotatable bonds is 6. The summed E-state index contributed by atoms with van der Waals surface area (Å²) in [5.74, 6) is 0.142. The summed E-state index contributed by atoms with van der Waals surface area (Å²) in [6, 6.07) is 12.3. The van der Waals surface area contributed by atoms with Gasteiger partial charge in [-0.25, -0.2) is 0 Å². The highest BCUT2D eigenvalue weighted by molar-refractivity contribution is 7.98. The van der Waals surface area contributed by atoms with E-state index in [1.54, 1.807) is 11.8 Å². The van der Waals surface area contributed by atoms with E-state index in [1.165, 1.54) is 10.5 Å². The molecule has 0 saturated carbocycles. The second-order valence-electron chi connectivity index (χ2n) is 5.85. The van der Waals surface area contributed by atoms with Crippen LogP contribution in [0.2, 0.25) is 0 Å². The van der Waals surface area contributed by atoms with E-state index in [2.05, 4.69) is 43.3 Å². The predicted molar refractivity (Wildman–Crippen MR) is 96.8 cm³/mol. The molecule has 122 valence electrons. The van der Waals surface area contributed by atoms with E-state index in [-0.39, 0.29) is 11.9 Å². The van der Waals surface area contributed by atoms with Crippen molar-refractivity contribution in [2.24, 2.45) is 0 Å². The molecule has 0 aliphatic carbocycles. The minimum absolute atomic E-state index is 0.126. The Hall–Kier alpha value is -1.81. The molecule has 2 rings (SSSR count). The van der Waals surface area contributed by atoms with Crippen LogP contribution in [0, 0.1) is 6.92 Å². The zero-order valence-corrected chi connectivity index (χ0v) is 15.1. The molecule has 1 aromatic carbocycles. The highest BCUT2D eigenvalue weighted by Crippen LogP contribution is 2.16. The number of hydrogen-bond acceptors (Lipinski definition) is 3. The Labute approximate surface area is 143 Å². The van der Waals surface area contributed by atoms with E-state index < -0.39 is 0 Å². The van der Waals surface area contributed by atoms with Crippen LogP contribution in [0.15, 0.2) is 47.5 Å². The van der Waals surface area contributed by atoms with Crippen molar-refractivity contribution in [2.75, 3.05) is 13.3 Å². The molecular formula is C19H24N2OS. The SMILES string of the molecule is CSc1ccc(CC(=O)N(C)C(C)Cc2ncccc2C)cc1. The van der Waals surface area contributed by atoms with Gasteiger partial charge in [-0.05, 0) is 49.4 Å². The molecule has 0 spiro atoms. The van der Waals surface area contributed by atoms with Crippen LogP contribution in [0.1, 0.15) is 23.7 Å². The van der Waals surface area contributed by atoms with Gasteiger partial charge in [-0.15, -0.1) is 11.8 Å². The summed E-state index contributed by atoms with van der Waals surface area (Å²) in [6.07, 6.45) is 5.08. The monoisotopic (exact) mass is 328 g/mol. The fourth-order valence-electron chi connectivity index (χ4n) is 2.44. The second-order valence-corrected chi connectivity index (χ2v) is 6.73. The number of benzene rings is 1. The largest absolute Gasteiger partial charge is 0.342 e. The molecule has 1 heterocycles. The van der Waals surface area contributed by atoms with E-state index >= 15 is 0 Å². The van der Waals surface area contributed by atoms with Gasteiger partial charge in [0.1, 0.15) is 0 Å². The molecule has 4 heteroatoms. The first-order chi connectivity index (χ1) is 11.0. The third-order valence-electron chi connectivity index (χ3n) is 4.18. The van der Waals surface area contributed by atoms with Crippen molar-refractivity contribution < 1.29 is 4.79 Å². The van der Waals surface area contributed by atoms with Gasteiger partial charge in [0.2, 0.25) is 5.91 Å². The van der Waals surface area contributed by atoms with E-state index in [1.807, 2.05) is 36.3 Å². The number of amides is 1. The highest BCUT2D eigenvalue weighted by Gasteiger charge is 2.17. The Balaban J connectivity index is 1.96. The number of carbonyl (C=O) groups excluding carboxylic acids is 1. The molecule has 0 aliphatic rings. The van der Waals surface area contributed by atoms with Crippen LogP contribution in [0.3, 0.4) is 0 Å². The molecule has 1 atom stereocenters. The summed E-state index contributed by atoms with van der Waals surface area (Å²) in [7, 11) is 1.88. The molecule has 1 aromatic heterocycles. The Kier molecular flexibility index (Phi) is 6.22. The van der Waals surface area contributed by atoms with Gasteiger partial charge in [-0.3, -0.25) is 9.78 Å². The van der Waals surface area contributed by atoms with Gasteiger partial charge in [0, 0.05) is 36.3 Å². The maximum atomic E-state index is 12.5. The van der Waals surface area contributed by atoms with Gasteiger partial charge in [-0.1, -0.05) is 18.2 Å². The van der Waals surface area contributed by atoms with Crippen molar-refractivity contribution in [3.05, 3.63) is 59.4 Å². The van der Waals surface area contributed by atoms with Crippen LogP contribution >= 0.6 is 11.8 Å². The molecule has 0 bridgehead atoms. The van der Waals surface area contributed by atoms with Crippen molar-refractivity contribution >= 4 is 17.7 Å². The van der Waals surface area contributed by atoms with Gasteiger partial charge in [0.25, 0.3) is 0 Å². The topological polar surface area (TPSA) is 33.2 Å². The standard InChI is InChI=1S/C19H24N2OS/c1-14-6-5-11-20-18(14)12-15(2)21(3)19(22)13-16-7-9-17(23-4)10-8-16/h5-11,15H,12-13H2,1-4H3. The Bertz CT molecular complexity index is 655. The fraction of sp³-hybridized carbons (Fsp3) is 0.368. The molecule has 1 unspecified atom stereocenters. The minimum Gasteiger partial charge on any atom is -0.342 e. The third-order valence-corrected chi connectivity index (χ3v) is 4.92. The minimum atomic E-state index is 0.126. The Morgan fingerprint density at radius 3 is 2.57 bits per heavy atom. The van der Waals surface area contributed by atoms with Crippen molar-refractivity contribution in [2.45, 2.75) is 37.6 Å². The summed E-state index contributed by atoms with van der Waals surface area (Å²) in [6.45, 7) is 4.13.